The van der Waals surface area contributed by atoms with Crippen LogP contribution in [0.15, 0.2) is 67.5 Å². The van der Waals surface area contributed by atoms with Gasteiger partial charge in [0.05, 0.1) is 5.69 Å². The quantitative estimate of drug-likeness (QED) is 0.515. The smallest absolute Gasteiger partial charge is 0.228 e. The number of nitrogens with one attached hydrogen (secondary N) is 1. The van der Waals surface area contributed by atoms with Crippen LogP contribution in [0, 0.1) is 12.8 Å². The molecule has 0 saturated carbocycles. The summed E-state index contributed by atoms with van der Waals surface area (Å²) in [5.74, 6) is 0.665. The van der Waals surface area contributed by atoms with Crippen molar-refractivity contribution in [2.75, 3.05) is 32.5 Å². The molecule has 0 aliphatic carbocycles. The molecule has 0 radical (unpaired) electrons. The van der Waals surface area contributed by atoms with Crippen LogP contribution in [0.25, 0.3) is 16.3 Å². The van der Waals surface area contributed by atoms with E-state index in [1.165, 1.54) is 0 Å². The van der Waals surface area contributed by atoms with Gasteiger partial charge >= 0.3 is 0 Å². The number of aromatic nitrogens is 2. The van der Waals surface area contributed by atoms with E-state index in [1.807, 2.05) is 68.7 Å². The Morgan fingerprint density at radius 3 is 2.68 bits per heavy atom. The van der Waals surface area contributed by atoms with Gasteiger partial charge < -0.3 is 10.2 Å². The molecule has 0 unspecified atom stereocenters. The van der Waals surface area contributed by atoms with Gasteiger partial charge in [-0.05, 0) is 73.6 Å². The van der Waals surface area contributed by atoms with Gasteiger partial charge in [0.25, 0.3) is 0 Å². The summed E-state index contributed by atoms with van der Waals surface area (Å²) in [5, 5.41) is 5.21. The van der Waals surface area contributed by atoms with Gasteiger partial charge in [0.2, 0.25) is 5.91 Å². The summed E-state index contributed by atoms with van der Waals surface area (Å²) in [7, 11) is 3.99. The fourth-order valence-corrected chi connectivity index (χ4v) is 4.50. The molecule has 1 saturated heterocycles. The fraction of sp³-hybridized carbons (Fsp3) is 0.321. The Morgan fingerprint density at radius 2 is 2.00 bits per heavy atom. The highest BCUT2D eigenvalue weighted by Crippen LogP contribution is 2.27. The maximum Gasteiger partial charge on any atom is 0.228 e. The third-order valence-electron chi connectivity index (χ3n) is 6.29. The Kier molecular flexibility index (Phi) is 7.38. The molecule has 1 aliphatic heterocycles. The second kappa shape index (κ2) is 10.6. The minimum Gasteiger partial charge on any atom is -0.383 e. The molecule has 3 heterocycles. The number of carbonyl (C=O) groups excluding carboxylic acids is 1. The number of likely N-dealkylation sites (tertiary alicyclic amines) is 1. The van der Waals surface area contributed by atoms with Crippen LogP contribution >= 0.6 is 0 Å². The molecule has 6 heteroatoms. The zero-order valence-electron chi connectivity index (χ0n) is 20.3. The molecular weight excluding hydrogens is 422 g/mol. The molecule has 1 amide bonds. The van der Waals surface area contributed by atoms with Crippen molar-refractivity contribution in [2.45, 2.75) is 26.3 Å². The van der Waals surface area contributed by atoms with Crippen LogP contribution in [0.4, 0.5) is 5.82 Å². The van der Waals surface area contributed by atoms with E-state index in [4.69, 9.17) is 0 Å². The number of hydrogen-bond donors (Lipinski definition) is 1. The lowest BCUT2D eigenvalue weighted by Crippen LogP contribution is -2.38. The lowest BCUT2D eigenvalue weighted by Gasteiger charge is -2.30. The average Bonchev–Trinajstić information content (AvgIpc) is 2.83. The van der Waals surface area contributed by atoms with Gasteiger partial charge in [0.15, 0.2) is 0 Å². The average molecular weight is 456 g/mol. The molecule has 6 nitrogen and oxygen atoms in total. The van der Waals surface area contributed by atoms with E-state index in [0.29, 0.717) is 5.82 Å². The van der Waals surface area contributed by atoms with Crippen molar-refractivity contribution in [3.05, 3.63) is 84.5 Å². The predicted octanol–water partition coefficient (Wildman–Crippen LogP) is 4.88. The van der Waals surface area contributed by atoms with Crippen molar-refractivity contribution in [1.29, 1.82) is 0 Å². The molecule has 1 N–H and O–H groups in total. The Morgan fingerprint density at radius 1 is 1.21 bits per heavy atom. The van der Waals surface area contributed by atoms with Crippen LogP contribution < -0.4 is 5.32 Å². The number of amides is 1. The number of anilines is 1. The maximum absolute atomic E-state index is 13.0. The highest BCUT2D eigenvalue weighted by atomic mass is 16.1. The first kappa shape index (κ1) is 23.6. The molecule has 1 aliphatic rings. The normalized spacial score (nSPS) is 15.3. The molecule has 0 bridgehead atoms. The van der Waals surface area contributed by atoms with Crippen molar-refractivity contribution < 1.29 is 4.79 Å². The number of rotatable bonds is 7. The van der Waals surface area contributed by atoms with Gasteiger partial charge in [-0.25, -0.2) is 4.98 Å². The topological polar surface area (TPSA) is 61.4 Å². The molecule has 1 fully saturated rings. The molecule has 176 valence electrons. The SMILES string of the molecule is C=C/C(=C\N(C)C)c1ccc2c(C)nc(NC(=O)C3CCN(Cc4ccccn4)CC3)cc2c1. The minimum absolute atomic E-state index is 0.000451. The summed E-state index contributed by atoms with van der Waals surface area (Å²) in [5.41, 5.74) is 4.10. The summed E-state index contributed by atoms with van der Waals surface area (Å²) < 4.78 is 0. The molecule has 0 spiro atoms. The molecule has 1 aromatic carbocycles. The lowest BCUT2D eigenvalue weighted by molar-refractivity contribution is -0.121. The summed E-state index contributed by atoms with van der Waals surface area (Å²) >= 11 is 0. The second-order valence-electron chi connectivity index (χ2n) is 9.14. The summed E-state index contributed by atoms with van der Waals surface area (Å²) in [6, 6.07) is 14.3. The Hall–Kier alpha value is -3.51. The highest BCUT2D eigenvalue weighted by molar-refractivity contribution is 5.96. The third kappa shape index (κ3) is 5.69. The van der Waals surface area contributed by atoms with Gasteiger partial charge in [0.1, 0.15) is 5.82 Å². The van der Waals surface area contributed by atoms with Crippen molar-refractivity contribution >= 4 is 28.1 Å². The van der Waals surface area contributed by atoms with E-state index in [0.717, 1.165) is 65.8 Å². The monoisotopic (exact) mass is 455 g/mol. The van der Waals surface area contributed by atoms with Gasteiger partial charge in [-0.15, -0.1) is 0 Å². The van der Waals surface area contributed by atoms with E-state index < -0.39 is 0 Å². The first-order valence-electron chi connectivity index (χ1n) is 11.8. The number of benzene rings is 1. The van der Waals surface area contributed by atoms with Crippen LogP contribution in [0.5, 0.6) is 0 Å². The van der Waals surface area contributed by atoms with Crippen molar-refractivity contribution in [3.63, 3.8) is 0 Å². The number of fused-ring (bicyclic) bond motifs is 1. The van der Waals surface area contributed by atoms with Crippen LogP contribution in [0.3, 0.4) is 0 Å². The van der Waals surface area contributed by atoms with Crippen molar-refractivity contribution in [1.82, 2.24) is 19.8 Å². The second-order valence-corrected chi connectivity index (χ2v) is 9.14. The molecule has 4 rings (SSSR count). The maximum atomic E-state index is 13.0. The highest BCUT2D eigenvalue weighted by Gasteiger charge is 2.25. The van der Waals surface area contributed by atoms with Crippen LogP contribution in [0.2, 0.25) is 0 Å². The van der Waals surface area contributed by atoms with Crippen molar-refractivity contribution in [2.24, 2.45) is 5.92 Å². The van der Waals surface area contributed by atoms with E-state index in [-0.39, 0.29) is 11.8 Å². The number of pyridine rings is 2. The Balaban J connectivity index is 1.44. The molecular formula is C28H33N5O. The number of allylic oxidation sites excluding steroid dienone is 2. The zero-order valence-corrected chi connectivity index (χ0v) is 20.3. The zero-order chi connectivity index (χ0) is 24.1. The van der Waals surface area contributed by atoms with Crippen LogP contribution in [-0.4, -0.2) is 52.9 Å². The van der Waals surface area contributed by atoms with Crippen LogP contribution in [0.1, 0.15) is 29.8 Å². The van der Waals surface area contributed by atoms with Crippen molar-refractivity contribution in [3.8, 4) is 0 Å². The minimum atomic E-state index is -0.000451. The molecule has 2 aromatic heterocycles. The molecule has 3 aromatic rings. The number of piperidine rings is 1. The Bertz CT molecular complexity index is 1190. The molecule has 0 atom stereocenters. The number of carbonyl (C=O) groups is 1. The summed E-state index contributed by atoms with van der Waals surface area (Å²) in [4.78, 5) is 26.5. The fourth-order valence-electron chi connectivity index (χ4n) is 4.50. The largest absolute Gasteiger partial charge is 0.383 e. The Labute approximate surface area is 202 Å². The molecule has 34 heavy (non-hydrogen) atoms. The summed E-state index contributed by atoms with van der Waals surface area (Å²) in [6.07, 6.45) is 7.41. The number of hydrogen-bond acceptors (Lipinski definition) is 5. The van der Waals surface area contributed by atoms with E-state index in [1.54, 1.807) is 0 Å². The van der Waals surface area contributed by atoms with Gasteiger partial charge in [-0.3, -0.25) is 14.7 Å². The van der Waals surface area contributed by atoms with E-state index >= 15 is 0 Å². The van der Waals surface area contributed by atoms with Crippen LogP contribution in [-0.2, 0) is 11.3 Å². The number of aryl methyl sites for hydroxylation is 1. The standard InChI is InChI=1S/C28H33N5O/c1-5-21(18-32(3)4)23-9-10-26-20(2)30-27(17-24(26)16-23)31-28(34)22-11-14-33(15-12-22)19-25-8-6-7-13-29-25/h5-10,13,16-18,22H,1,11-12,14-15,19H2,2-4H3,(H,30,31,34)/b21-18+. The van der Waals surface area contributed by atoms with E-state index in [9.17, 15) is 4.79 Å². The van der Waals surface area contributed by atoms with E-state index in [2.05, 4.69) is 45.0 Å². The number of nitrogens with zero attached hydrogens (tertiary/aromatic N) is 4. The summed E-state index contributed by atoms with van der Waals surface area (Å²) in [6.45, 7) is 8.56. The first-order valence-corrected chi connectivity index (χ1v) is 11.8. The van der Waals surface area contributed by atoms with Gasteiger partial charge in [0, 0.05) is 50.0 Å². The predicted molar refractivity (Wildman–Crippen MR) is 139 cm³/mol. The lowest BCUT2D eigenvalue weighted by atomic mass is 9.95. The van der Waals surface area contributed by atoms with Gasteiger partial charge in [-0.1, -0.05) is 30.9 Å². The van der Waals surface area contributed by atoms with Gasteiger partial charge in [-0.2, -0.15) is 0 Å². The first-order chi connectivity index (χ1) is 16.4. The third-order valence-corrected chi connectivity index (χ3v) is 6.29.